The molecule has 3 heteroatoms. The van der Waals surface area contributed by atoms with Crippen LogP contribution in [0.5, 0.6) is 0 Å². The quantitative estimate of drug-likeness (QED) is 0.851. The van der Waals surface area contributed by atoms with Crippen LogP contribution in [-0.2, 0) is 13.0 Å². The van der Waals surface area contributed by atoms with Gasteiger partial charge in [0.05, 0.1) is 17.7 Å². The van der Waals surface area contributed by atoms with Gasteiger partial charge in [-0.15, -0.1) is 11.3 Å². The summed E-state index contributed by atoms with van der Waals surface area (Å²) in [5.41, 5.74) is 5.54. The van der Waals surface area contributed by atoms with E-state index in [1.807, 2.05) is 5.51 Å². The molecule has 0 amide bonds. The Bertz CT molecular complexity index is 409. The lowest BCUT2D eigenvalue weighted by molar-refractivity contribution is 1.05. The summed E-state index contributed by atoms with van der Waals surface area (Å²) in [4.78, 5) is 4.24. The zero-order chi connectivity index (χ0) is 10.5. The predicted octanol–water partition coefficient (Wildman–Crippen LogP) is 3.32. The smallest absolute Gasteiger partial charge is 0.0795 e. The average Bonchev–Trinajstić information content (AvgIpc) is 2.79. The lowest BCUT2D eigenvalue weighted by Gasteiger charge is -2.09. The summed E-state index contributed by atoms with van der Waals surface area (Å²) >= 11 is 1.63. The summed E-state index contributed by atoms with van der Waals surface area (Å²) in [5.74, 6) is 0. The standard InChI is InChI=1S/C12H14N2S/c1-2-10-5-3-4-6-12(10)13-7-11-8-15-9-14-11/h3-6,8-9,13H,2,7H2,1H3. The summed E-state index contributed by atoms with van der Waals surface area (Å²) in [5, 5.41) is 5.48. The second kappa shape index (κ2) is 4.94. The van der Waals surface area contributed by atoms with Crippen molar-refractivity contribution in [3.8, 4) is 0 Å². The number of nitrogens with one attached hydrogen (secondary N) is 1. The van der Waals surface area contributed by atoms with Crippen molar-refractivity contribution in [1.82, 2.24) is 4.98 Å². The maximum absolute atomic E-state index is 4.24. The molecule has 78 valence electrons. The van der Waals surface area contributed by atoms with E-state index in [-0.39, 0.29) is 0 Å². The monoisotopic (exact) mass is 218 g/mol. The first-order valence-corrected chi connectivity index (χ1v) is 6.03. The maximum atomic E-state index is 4.24. The average molecular weight is 218 g/mol. The van der Waals surface area contributed by atoms with Crippen LogP contribution in [0.3, 0.4) is 0 Å². The van der Waals surface area contributed by atoms with Gasteiger partial charge in [-0.3, -0.25) is 0 Å². The van der Waals surface area contributed by atoms with Crippen LogP contribution in [0.1, 0.15) is 18.2 Å². The van der Waals surface area contributed by atoms with Gasteiger partial charge in [-0.05, 0) is 18.1 Å². The van der Waals surface area contributed by atoms with Crippen molar-refractivity contribution in [3.63, 3.8) is 0 Å². The highest BCUT2D eigenvalue weighted by Crippen LogP contribution is 2.16. The highest BCUT2D eigenvalue weighted by Gasteiger charge is 1.99. The second-order valence-corrected chi connectivity index (χ2v) is 4.06. The Morgan fingerprint density at radius 1 is 1.33 bits per heavy atom. The van der Waals surface area contributed by atoms with Gasteiger partial charge in [0.25, 0.3) is 0 Å². The van der Waals surface area contributed by atoms with Crippen LogP contribution in [0.15, 0.2) is 35.2 Å². The van der Waals surface area contributed by atoms with E-state index in [1.165, 1.54) is 11.3 Å². The van der Waals surface area contributed by atoms with Crippen LogP contribution in [0.4, 0.5) is 5.69 Å². The minimum absolute atomic E-state index is 0.806. The Balaban J connectivity index is 2.04. The van der Waals surface area contributed by atoms with Gasteiger partial charge < -0.3 is 5.32 Å². The fourth-order valence-corrected chi connectivity index (χ4v) is 2.07. The maximum Gasteiger partial charge on any atom is 0.0795 e. The number of nitrogens with zero attached hydrogens (tertiary/aromatic N) is 1. The van der Waals surface area contributed by atoms with Gasteiger partial charge >= 0.3 is 0 Å². The molecule has 2 nitrogen and oxygen atoms in total. The van der Waals surface area contributed by atoms with Gasteiger partial charge in [0, 0.05) is 11.1 Å². The molecule has 0 aliphatic heterocycles. The first kappa shape index (κ1) is 10.2. The normalized spacial score (nSPS) is 10.2. The highest BCUT2D eigenvalue weighted by atomic mass is 32.1. The minimum atomic E-state index is 0.806. The Kier molecular flexibility index (Phi) is 3.35. The lowest BCUT2D eigenvalue weighted by Crippen LogP contribution is -2.01. The van der Waals surface area contributed by atoms with E-state index in [2.05, 4.69) is 46.9 Å². The van der Waals surface area contributed by atoms with Crippen LogP contribution in [0, 0.1) is 0 Å². The molecule has 0 unspecified atom stereocenters. The van der Waals surface area contributed by atoms with Crippen molar-refractivity contribution in [1.29, 1.82) is 0 Å². The first-order valence-electron chi connectivity index (χ1n) is 5.09. The highest BCUT2D eigenvalue weighted by molar-refractivity contribution is 7.07. The fourth-order valence-electron chi connectivity index (χ4n) is 1.51. The van der Waals surface area contributed by atoms with Gasteiger partial charge in [0.1, 0.15) is 0 Å². The molecule has 2 aromatic rings. The van der Waals surface area contributed by atoms with Crippen molar-refractivity contribution in [2.75, 3.05) is 5.32 Å². The largest absolute Gasteiger partial charge is 0.379 e. The number of hydrogen-bond donors (Lipinski definition) is 1. The molecule has 0 atom stereocenters. The van der Waals surface area contributed by atoms with Crippen molar-refractivity contribution in [3.05, 3.63) is 46.4 Å². The number of thiazole rings is 1. The molecule has 0 saturated heterocycles. The molecular weight excluding hydrogens is 204 g/mol. The summed E-state index contributed by atoms with van der Waals surface area (Å²) in [6, 6.07) is 8.41. The van der Waals surface area contributed by atoms with Crippen LogP contribution in [0.25, 0.3) is 0 Å². The third kappa shape index (κ3) is 2.57. The molecule has 0 aliphatic rings. The number of para-hydroxylation sites is 1. The second-order valence-electron chi connectivity index (χ2n) is 3.34. The van der Waals surface area contributed by atoms with Gasteiger partial charge in [0.2, 0.25) is 0 Å². The number of aromatic nitrogens is 1. The van der Waals surface area contributed by atoms with Crippen molar-refractivity contribution >= 4 is 17.0 Å². The van der Waals surface area contributed by atoms with Crippen molar-refractivity contribution in [2.24, 2.45) is 0 Å². The summed E-state index contributed by atoms with van der Waals surface area (Å²) in [6.45, 7) is 2.98. The molecule has 1 aromatic heterocycles. The first-order chi connectivity index (χ1) is 7.40. The molecule has 1 aromatic carbocycles. The summed E-state index contributed by atoms with van der Waals surface area (Å²) < 4.78 is 0. The SMILES string of the molecule is CCc1ccccc1NCc1cscn1. The number of aryl methyl sites for hydroxylation is 1. The van der Waals surface area contributed by atoms with Crippen LogP contribution >= 0.6 is 11.3 Å². The van der Waals surface area contributed by atoms with Gasteiger partial charge in [-0.1, -0.05) is 25.1 Å². The molecule has 0 aliphatic carbocycles. The zero-order valence-corrected chi connectivity index (χ0v) is 9.55. The van der Waals surface area contributed by atoms with E-state index in [1.54, 1.807) is 11.3 Å². The number of benzene rings is 1. The van der Waals surface area contributed by atoms with E-state index in [0.717, 1.165) is 18.7 Å². The van der Waals surface area contributed by atoms with Crippen molar-refractivity contribution in [2.45, 2.75) is 19.9 Å². The molecule has 0 bridgehead atoms. The van der Waals surface area contributed by atoms with E-state index < -0.39 is 0 Å². The Morgan fingerprint density at radius 2 is 2.20 bits per heavy atom. The zero-order valence-electron chi connectivity index (χ0n) is 8.73. The van der Waals surface area contributed by atoms with Gasteiger partial charge in [0.15, 0.2) is 0 Å². The Labute approximate surface area is 94.0 Å². The summed E-state index contributed by atoms with van der Waals surface area (Å²) in [7, 11) is 0. The molecule has 15 heavy (non-hydrogen) atoms. The van der Waals surface area contributed by atoms with Crippen LogP contribution in [-0.4, -0.2) is 4.98 Å². The number of rotatable bonds is 4. The van der Waals surface area contributed by atoms with Crippen LogP contribution in [0.2, 0.25) is 0 Å². The number of anilines is 1. The third-order valence-corrected chi connectivity index (χ3v) is 2.98. The van der Waals surface area contributed by atoms with Gasteiger partial charge in [-0.2, -0.15) is 0 Å². The Hall–Kier alpha value is -1.35. The molecule has 1 heterocycles. The van der Waals surface area contributed by atoms with Crippen LogP contribution < -0.4 is 5.32 Å². The molecule has 0 radical (unpaired) electrons. The summed E-state index contributed by atoms with van der Waals surface area (Å²) in [6.07, 6.45) is 1.06. The van der Waals surface area contributed by atoms with Crippen molar-refractivity contribution < 1.29 is 0 Å². The molecule has 0 spiro atoms. The lowest BCUT2D eigenvalue weighted by atomic mass is 10.1. The molecule has 2 rings (SSSR count). The minimum Gasteiger partial charge on any atom is -0.379 e. The third-order valence-electron chi connectivity index (χ3n) is 2.34. The molecule has 0 fully saturated rings. The predicted molar refractivity (Wildman–Crippen MR) is 65.3 cm³/mol. The Morgan fingerprint density at radius 3 is 2.93 bits per heavy atom. The number of hydrogen-bond acceptors (Lipinski definition) is 3. The van der Waals surface area contributed by atoms with E-state index in [4.69, 9.17) is 0 Å². The molecule has 0 saturated carbocycles. The van der Waals surface area contributed by atoms with E-state index in [9.17, 15) is 0 Å². The molecule has 1 N–H and O–H groups in total. The fraction of sp³-hybridized carbons (Fsp3) is 0.250. The van der Waals surface area contributed by atoms with E-state index in [0.29, 0.717) is 0 Å². The molecular formula is C12H14N2S. The van der Waals surface area contributed by atoms with Gasteiger partial charge in [-0.25, -0.2) is 4.98 Å². The topological polar surface area (TPSA) is 24.9 Å². The van der Waals surface area contributed by atoms with E-state index >= 15 is 0 Å².